The highest BCUT2D eigenvalue weighted by atomic mass is 15.0. The summed E-state index contributed by atoms with van der Waals surface area (Å²) in [4.78, 5) is 10.3. The number of hydrogen-bond donors (Lipinski definition) is 0. The summed E-state index contributed by atoms with van der Waals surface area (Å²) < 4.78 is 2.18. The van der Waals surface area contributed by atoms with E-state index in [9.17, 15) is 0 Å². The number of benzene rings is 6. The normalized spacial score (nSPS) is 14.0. The molecule has 3 heterocycles. The van der Waals surface area contributed by atoms with Gasteiger partial charge >= 0.3 is 0 Å². The summed E-state index contributed by atoms with van der Waals surface area (Å²) in [6, 6.07) is 61.9. The third kappa shape index (κ3) is 5.26. The quantitative estimate of drug-likeness (QED) is 0.178. The minimum absolute atomic E-state index is 0.111. The first-order valence-corrected chi connectivity index (χ1v) is 17.0. The third-order valence-electron chi connectivity index (χ3n) is 9.65. The van der Waals surface area contributed by atoms with E-state index >= 15 is 0 Å². The monoisotopic (exact) mass is 639 g/mol. The van der Waals surface area contributed by atoms with E-state index in [0.29, 0.717) is 0 Å². The van der Waals surface area contributed by atoms with E-state index in [1.807, 2.05) is 18.2 Å². The third-order valence-corrected chi connectivity index (χ3v) is 9.65. The lowest BCUT2D eigenvalue weighted by Crippen LogP contribution is -2.19. The number of allylic oxidation sites excluding steroid dienone is 1. The number of aromatic nitrogens is 2. The van der Waals surface area contributed by atoms with Crippen LogP contribution in [0.4, 0.5) is 5.69 Å². The van der Waals surface area contributed by atoms with Crippen molar-refractivity contribution in [3.63, 3.8) is 0 Å². The maximum absolute atomic E-state index is 5.27. The second-order valence-corrected chi connectivity index (χ2v) is 12.7. The van der Waals surface area contributed by atoms with Gasteiger partial charge < -0.3 is 0 Å². The summed E-state index contributed by atoms with van der Waals surface area (Å²) in [5.41, 5.74) is 16.2. The van der Waals surface area contributed by atoms with Crippen molar-refractivity contribution in [2.24, 2.45) is 4.99 Å². The summed E-state index contributed by atoms with van der Waals surface area (Å²) >= 11 is 0. The topological polar surface area (TPSA) is 29.7 Å². The number of fused-ring (bicyclic) bond motifs is 2. The molecule has 0 bridgehead atoms. The first-order chi connectivity index (χ1) is 24.7. The average Bonchev–Trinajstić information content (AvgIpc) is 3.59. The van der Waals surface area contributed by atoms with Crippen molar-refractivity contribution in [3.05, 3.63) is 205 Å². The molecule has 3 nitrogen and oxygen atoms in total. The van der Waals surface area contributed by atoms with Gasteiger partial charge in [0.1, 0.15) is 5.65 Å². The van der Waals surface area contributed by atoms with Gasteiger partial charge in [-0.1, -0.05) is 158 Å². The van der Waals surface area contributed by atoms with Crippen LogP contribution in [0.15, 0.2) is 194 Å². The molecule has 0 N–H and O–H groups in total. The van der Waals surface area contributed by atoms with Crippen molar-refractivity contribution in [1.29, 1.82) is 0 Å². The zero-order valence-corrected chi connectivity index (χ0v) is 27.4. The van der Waals surface area contributed by atoms with Crippen LogP contribution in [0, 0.1) is 0 Å². The first-order valence-electron chi connectivity index (χ1n) is 17.0. The molecule has 1 atom stereocenters. The number of rotatable bonds is 6. The lowest BCUT2D eigenvalue weighted by atomic mass is 9.77. The van der Waals surface area contributed by atoms with Crippen molar-refractivity contribution < 1.29 is 0 Å². The molecule has 6 aromatic carbocycles. The summed E-state index contributed by atoms with van der Waals surface area (Å²) in [6.07, 6.45) is 2.09. The Kier molecular flexibility index (Phi) is 7.37. The van der Waals surface area contributed by atoms with Gasteiger partial charge in [0.15, 0.2) is 0 Å². The van der Waals surface area contributed by atoms with Gasteiger partial charge in [-0.15, -0.1) is 0 Å². The van der Waals surface area contributed by atoms with E-state index in [4.69, 9.17) is 16.6 Å². The zero-order chi connectivity index (χ0) is 33.4. The molecular weight excluding hydrogens is 607 g/mol. The fourth-order valence-electron chi connectivity index (χ4n) is 7.23. The molecule has 0 fully saturated rings. The van der Waals surface area contributed by atoms with Crippen LogP contribution >= 0.6 is 0 Å². The van der Waals surface area contributed by atoms with Crippen molar-refractivity contribution in [2.45, 2.75) is 5.92 Å². The minimum atomic E-state index is -0.111. The predicted molar refractivity (Wildman–Crippen MR) is 208 cm³/mol. The van der Waals surface area contributed by atoms with E-state index < -0.39 is 0 Å². The van der Waals surface area contributed by atoms with E-state index in [-0.39, 0.29) is 5.92 Å². The summed E-state index contributed by atoms with van der Waals surface area (Å²) in [5, 5.41) is 0. The molecule has 0 spiro atoms. The lowest BCUT2D eigenvalue weighted by Gasteiger charge is -2.29. The standard InChI is InChI=1S/C47H33N3/c1-32-41-21-11-12-22-42(41)48-45(35-17-7-3-8-18-35)44(32)40-30-38(33-15-5-2-6-16-33)29-39(31-40)34-24-26-37(27-25-34)47-46(36-19-9-4-10-20-36)49-43-23-13-14-28-50(43)47/h2-31,44H,1H2. The lowest BCUT2D eigenvalue weighted by molar-refractivity contribution is 1.13. The largest absolute Gasteiger partial charge is 0.299 e. The second kappa shape index (κ2) is 12.5. The van der Waals surface area contributed by atoms with Crippen LogP contribution < -0.4 is 0 Å². The van der Waals surface area contributed by atoms with Crippen molar-refractivity contribution in [2.75, 3.05) is 0 Å². The molecule has 0 saturated carbocycles. The summed E-state index contributed by atoms with van der Waals surface area (Å²) in [5.74, 6) is -0.111. The highest BCUT2D eigenvalue weighted by Crippen LogP contribution is 2.45. The molecule has 3 heteroatoms. The molecule has 1 aliphatic rings. The number of nitrogens with zero attached hydrogens (tertiary/aromatic N) is 3. The summed E-state index contributed by atoms with van der Waals surface area (Å²) in [6.45, 7) is 4.70. The molecule has 9 rings (SSSR count). The van der Waals surface area contributed by atoms with Crippen LogP contribution in [0.5, 0.6) is 0 Å². The molecule has 0 saturated heterocycles. The highest BCUT2D eigenvalue weighted by molar-refractivity contribution is 6.16. The maximum atomic E-state index is 5.27. The number of imidazole rings is 1. The van der Waals surface area contributed by atoms with Crippen LogP contribution in [0.3, 0.4) is 0 Å². The maximum Gasteiger partial charge on any atom is 0.137 e. The average molecular weight is 640 g/mol. The van der Waals surface area contributed by atoms with Gasteiger partial charge in [-0.2, -0.15) is 0 Å². The van der Waals surface area contributed by atoms with E-state index in [2.05, 4.69) is 168 Å². The van der Waals surface area contributed by atoms with Gasteiger partial charge in [0.25, 0.3) is 0 Å². The molecular formula is C47H33N3. The Labute approximate surface area is 292 Å². The zero-order valence-electron chi connectivity index (χ0n) is 27.4. The Bertz CT molecular complexity index is 2530. The Morgan fingerprint density at radius 2 is 1.04 bits per heavy atom. The molecule has 1 aliphatic heterocycles. The van der Waals surface area contributed by atoms with Gasteiger partial charge in [-0.3, -0.25) is 9.39 Å². The molecule has 0 aliphatic carbocycles. The molecule has 1 unspecified atom stereocenters. The van der Waals surface area contributed by atoms with Gasteiger partial charge in [-0.25, -0.2) is 4.98 Å². The fraction of sp³-hybridized carbons (Fsp3) is 0.0213. The van der Waals surface area contributed by atoms with Crippen molar-refractivity contribution >= 4 is 22.6 Å². The van der Waals surface area contributed by atoms with E-state index in [1.165, 1.54) is 11.1 Å². The second-order valence-electron chi connectivity index (χ2n) is 12.7. The van der Waals surface area contributed by atoms with Gasteiger partial charge in [0, 0.05) is 22.9 Å². The Hall–Kier alpha value is -6.58. The molecule has 236 valence electrons. The first kappa shape index (κ1) is 29.6. The van der Waals surface area contributed by atoms with Crippen LogP contribution in [0.2, 0.25) is 0 Å². The van der Waals surface area contributed by atoms with E-state index in [0.717, 1.165) is 73.0 Å². The SMILES string of the molecule is C=C1c2ccccc2N=C(c2ccccc2)C1c1cc(-c2ccccc2)cc(-c2ccc(-c3c(-c4ccccc4)nc4ccccn34)cc2)c1. The molecule has 2 aromatic heterocycles. The fourth-order valence-corrected chi connectivity index (χ4v) is 7.23. The minimum Gasteiger partial charge on any atom is -0.299 e. The van der Waals surface area contributed by atoms with Crippen molar-refractivity contribution in [1.82, 2.24) is 9.38 Å². The van der Waals surface area contributed by atoms with E-state index in [1.54, 1.807) is 0 Å². The highest BCUT2D eigenvalue weighted by Gasteiger charge is 2.30. The van der Waals surface area contributed by atoms with Gasteiger partial charge in [0.05, 0.1) is 28.7 Å². The Morgan fingerprint density at radius 3 is 1.74 bits per heavy atom. The number of aliphatic imine (C=N–C) groups is 1. The number of pyridine rings is 1. The smallest absolute Gasteiger partial charge is 0.137 e. The van der Waals surface area contributed by atoms with Crippen LogP contribution in [-0.2, 0) is 0 Å². The van der Waals surface area contributed by atoms with Crippen LogP contribution in [0.1, 0.15) is 22.6 Å². The molecule has 50 heavy (non-hydrogen) atoms. The van der Waals surface area contributed by atoms with Crippen LogP contribution in [-0.4, -0.2) is 15.1 Å². The number of para-hydroxylation sites is 1. The molecule has 0 amide bonds. The number of hydrogen-bond acceptors (Lipinski definition) is 2. The van der Waals surface area contributed by atoms with Gasteiger partial charge in [0.2, 0.25) is 0 Å². The summed E-state index contributed by atoms with van der Waals surface area (Å²) in [7, 11) is 0. The van der Waals surface area contributed by atoms with Gasteiger partial charge in [-0.05, 0) is 63.2 Å². The molecule has 0 radical (unpaired) electrons. The Balaban J connectivity index is 1.19. The molecule has 8 aromatic rings. The van der Waals surface area contributed by atoms with Crippen LogP contribution in [0.25, 0.3) is 56.0 Å². The Morgan fingerprint density at radius 1 is 0.480 bits per heavy atom. The predicted octanol–water partition coefficient (Wildman–Crippen LogP) is 11.9. The van der Waals surface area contributed by atoms with Crippen molar-refractivity contribution in [3.8, 4) is 44.8 Å².